The van der Waals surface area contributed by atoms with E-state index in [9.17, 15) is 9.59 Å². The Morgan fingerprint density at radius 3 is 2.00 bits per heavy atom. The Bertz CT molecular complexity index is 585. The van der Waals surface area contributed by atoms with Crippen molar-refractivity contribution >= 4 is 12.0 Å². The molecule has 0 aliphatic rings. The Kier molecular flexibility index (Phi) is 13.6. The molecule has 0 atom stereocenters. The van der Waals surface area contributed by atoms with E-state index in [0.29, 0.717) is 19.6 Å². The number of carbonyl (C=O) groups is 2. The molecule has 1 aromatic rings. The van der Waals surface area contributed by atoms with Gasteiger partial charge in [-0.25, -0.2) is 10.3 Å². The molecule has 2 amide bonds. The maximum Gasteiger partial charge on any atom is 0.407 e. The number of unbranched alkanes of at least 4 members (excludes halogenated alkanes) is 8. The van der Waals surface area contributed by atoms with Gasteiger partial charge >= 0.3 is 6.09 Å². The molecule has 0 bridgehead atoms. The Morgan fingerprint density at radius 1 is 0.833 bits per heavy atom. The summed E-state index contributed by atoms with van der Waals surface area (Å²) in [7, 11) is 0. The van der Waals surface area contributed by atoms with Gasteiger partial charge in [0.05, 0.1) is 6.61 Å². The Morgan fingerprint density at radius 2 is 1.40 bits per heavy atom. The van der Waals surface area contributed by atoms with Crippen LogP contribution in [0, 0.1) is 0 Å². The number of hydrogen-bond acceptors (Lipinski definition) is 4. The second-order valence-corrected chi connectivity index (χ2v) is 8.66. The van der Waals surface area contributed by atoms with Gasteiger partial charge in [-0.05, 0) is 39.2 Å². The van der Waals surface area contributed by atoms with Crippen molar-refractivity contribution in [2.24, 2.45) is 0 Å². The molecule has 0 saturated carbocycles. The van der Waals surface area contributed by atoms with Crippen LogP contribution in [0.2, 0.25) is 0 Å². The molecule has 1 rings (SSSR count). The second-order valence-electron chi connectivity index (χ2n) is 8.66. The number of hydroxylamine groups is 1. The molecule has 1 aromatic carbocycles. The number of nitrogens with one attached hydrogen (secondary N) is 2. The number of amides is 2. The van der Waals surface area contributed by atoms with Gasteiger partial charge in [0.2, 0.25) is 5.91 Å². The highest BCUT2D eigenvalue weighted by atomic mass is 16.6. The van der Waals surface area contributed by atoms with Crippen molar-refractivity contribution in [2.75, 3.05) is 6.54 Å². The Balaban J connectivity index is 1.82. The van der Waals surface area contributed by atoms with E-state index in [4.69, 9.17) is 9.57 Å². The van der Waals surface area contributed by atoms with Gasteiger partial charge in [-0.15, -0.1) is 0 Å². The zero-order valence-corrected chi connectivity index (χ0v) is 19.0. The average Bonchev–Trinajstić information content (AvgIpc) is 2.68. The fraction of sp³-hybridized carbons (Fsp3) is 0.667. The van der Waals surface area contributed by atoms with Gasteiger partial charge in [0.1, 0.15) is 5.60 Å². The van der Waals surface area contributed by atoms with Crippen molar-refractivity contribution < 1.29 is 19.2 Å². The van der Waals surface area contributed by atoms with Crippen LogP contribution in [0.15, 0.2) is 30.3 Å². The van der Waals surface area contributed by atoms with E-state index in [0.717, 1.165) is 31.2 Å². The smallest absolute Gasteiger partial charge is 0.407 e. The van der Waals surface area contributed by atoms with E-state index < -0.39 is 5.60 Å². The SMILES string of the molecule is CC(C)(C)OC(=O)NCCCCCCCCCCCC(=O)NOCc1ccccc1. The molecule has 6 nitrogen and oxygen atoms in total. The molecule has 2 N–H and O–H groups in total. The number of benzene rings is 1. The molecule has 0 fully saturated rings. The highest BCUT2D eigenvalue weighted by Crippen LogP contribution is 2.11. The molecule has 170 valence electrons. The van der Waals surface area contributed by atoms with Crippen molar-refractivity contribution in [3.8, 4) is 0 Å². The van der Waals surface area contributed by atoms with E-state index in [-0.39, 0.29) is 12.0 Å². The number of alkyl carbamates (subject to hydrolysis) is 1. The molecule has 0 heterocycles. The minimum Gasteiger partial charge on any atom is -0.444 e. The lowest BCUT2D eigenvalue weighted by Gasteiger charge is -2.19. The van der Waals surface area contributed by atoms with E-state index >= 15 is 0 Å². The maximum absolute atomic E-state index is 11.7. The minimum absolute atomic E-state index is 0.0501. The maximum atomic E-state index is 11.7. The van der Waals surface area contributed by atoms with Crippen LogP contribution in [0.1, 0.15) is 90.5 Å². The molecule has 0 aliphatic carbocycles. The largest absolute Gasteiger partial charge is 0.444 e. The highest BCUT2D eigenvalue weighted by Gasteiger charge is 2.15. The van der Waals surface area contributed by atoms with Gasteiger partial charge in [0, 0.05) is 13.0 Å². The van der Waals surface area contributed by atoms with Crippen LogP contribution in [0.5, 0.6) is 0 Å². The summed E-state index contributed by atoms with van der Waals surface area (Å²) in [5.41, 5.74) is 3.11. The molecular formula is C24H40N2O4. The van der Waals surface area contributed by atoms with Gasteiger partial charge in [-0.3, -0.25) is 9.63 Å². The van der Waals surface area contributed by atoms with Gasteiger partial charge in [0.25, 0.3) is 0 Å². The van der Waals surface area contributed by atoms with E-state index in [1.54, 1.807) is 0 Å². The molecule has 0 unspecified atom stereocenters. The molecule has 0 aromatic heterocycles. The Labute approximate surface area is 182 Å². The van der Waals surface area contributed by atoms with Gasteiger partial charge in [-0.1, -0.05) is 75.3 Å². The lowest BCUT2D eigenvalue weighted by atomic mass is 10.1. The zero-order chi connectivity index (χ0) is 22.1. The predicted molar refractivity (Wildman–Crippen MR) is 120 cm³/mol. The lowest BCUT2D eigenvalue weighted by Crippen LogP contribution is -2.32. The van der Waals surface area contributed by atoms with Crippen LogP contribution in [-0.2, 0) is 21.0 Å². The van der Waals surface area contributed by atoms with Crippen molar-refractivity contribution in [3.05, 3.63) is 35.9 Å². The van der Waals surface area contributed by atoms with Crippen LogP contribution in [0.25, 0.3) is 0 Å². The third-order valence-corrected chi connectivity index (χ3v) is 4.52. The summed E-state index contributed by atoms with van der Waals surface area (Å²) in [6.07, 6.45) is 10.3. The average molecular weight is 421 g/mol. The first-order valence-electron chi connectivity index (χ1n) is 11.3. The molecule has 6 heteroatoms. The first-order chi connectivity index (χ1) is 14.4. The first-order valence-corrected chi connectivity index (χ1v) is 11.3. The molecule has 0 saturated heterocycles. The first kappa shape index (κ1) is 26.0. The number of ether oxygens (including phenoxy) is 1. The molecule has 0 aliphatic heterocycles. The summed E-state index contributed by atoms with van der Waals surface area (Å²) in [4.78, 5) is 28.5. The van der Waals surface area contributed by atoms with Crippen molar-refractivity contribution in [1.29, 1.82) is 0 Å². The zero-order valence-electron chi connectivity index (χ0n) is 19.0. The quantitative estimate of drug-likeness (QED) is 0.283. The predicted octanol–water partition coefficient (Wildman–Crippen LogP) is 5.66. The van der Waals surface area contributed by atoms with Crippen LogP contribution in [-0.4, -0.2) is 24.1 Å². The van der Waals surface area contributed by atoms with Crippen molar-refractivity contribution in [2.45, 2.75) is 97.2 Å². The fourth-order valence-electron chi connectivity index (χ4n) is 2.98. The Hall–Kier alpha value is -2.08. The summed E-state index contributed by atoms with van der Waals surface area (Å²) >= 11 is 0. The summed E-state index contributed by atoms with van der Waals surface area (Å²) in [5.74, 6) is -0.0501. The van der Waals surface area contributed by atoms with Gasteiger partial charge in [0.15, 0.2) is 0 Å². The lowest BCUT2D eigenvalue weighted by molar-refractivity contribution is -0.134. The van der Waals surface area contributed by atoms with Crippen LogP contribution in [0.4, 0.5) is 4.79 Å². The second kappa shape index (κ2) is 15.7. The van der Waals surface area contributed by atoms with Crippen molar-refractivity contribution in [1.82, 2.24) is 10.8 Å². The fourth-order valence-corrected chi connectivity index (χ4v) is 2.98. The topological polar surface area (TPSA) is 76.7 Å². The third kappa shape index (κ3) is 15.8. The molecule has 0 radical (unpaired) electrons. The monoisotopic (exact) mass is 420 g/mol. The van der Waals surface area contributed by atoms with Crippen molar-refractivity contribution in [3.63, 3.8) is 0 Å². The van der Waals surface area contributed by atoms with Gasteiger partial charge in [-0.2, -0.15) is 0 Å². The number of rotatable bonds is 15. The number of carbonyl (C=O) groups excluding carboxylic acids is 2. The van der Waals surface area contributed by atoms with E-state index in [2.05, 4.69) is 10.8 Å². The highest BCUT2D eigenvalue weighted by molar-refractivity contribution is 5.74. The minimum atomic E-state index is -0.440. The summed E-state index contributed by atoms with van der Waals surface area (Å²) in [6.45, 7) is 6.66. The normalized spacial score (nSPS) is 11.2. The molecule has 0 spiro atoms. The van der Waals surface area contributed by atoms with Crippen LogP contribution in [0.3, 0.4) is 0 Å². The van der Waals surface area contributed by atoms with E-state index in [1.165, 1.54) is 32.1 Å². The molecular weight excluding hydrogens is 380 g/mol. The summed E-state index contributed by atoms with van der Waals surface area (Å²) < 4.78 is 5.20. The van der Waals surface area contributed by atoms with Crippen LogP contribution < -0.4 is 10.8 Å². The summed E-state index contributed by atoms with van der Waals surface area (Å²) in [5, 5.41) is 2.79. The molecule has 30 heavy (non-hydrogen) atoms. The third-order valence-electron chi connectivity index (χ3n) is 4.52. The standard InChI is InChI=1S/C24H40N2O4/c1-24(2,3)30-23(28)25-19-15-10-8-6-4-5-7-9-14-18-22(27)26-29-20-21-16-12-11-13-17-21/h11-13,16-17H,4-10,14-15,18-20H2,1-3H3,(H,25,28)(H,26,27). The van der Waals surface area contributed by atoms with Gasteiger partial charge < -0.3 is 10.1 Å². The number of hydrogen-bond donors (Lipinski definition) is 2. The van der Waals surface area contributed by atoms with E-state index in [1.807, 2.05) is 51.1 Å². The summed E-state index contributed by atoms with van der Waals surface area (Å²) in [6, 6.07) is 9.78. The van der Waals surface area contributed by atoms with Crippen LogP contribution >= 0.6 is 0 Å².